The lowest BCUT2D eigenvalue weighted by atomic mass is 10.1. The van der Waals surface area contributed by atoms with E-state index in [4.69, 9.17) is 4.74 Å². The fraction of sp³-hybridized carbons (Fsp3) is 0.154. The Kier molecular flexibility index (Phi) is 6.31. The number of ether oxygens (including phenoxy) is 1. The number of para-hydroxylation sites is 1. The van der Waals surface area contributed by atoms with E-state index in [2.05, 4.69) is 17.0 Å². The smallest absolute Gasteiger partial charge is 0.280 e. The number of halogens is 1. The molecule has 0 bridgehead atoms. The number of aliphatic imine (C=N–C) groups is 1. The molecule has 0 fully saturated rings. The number of nitrogens with one attached hydrogen (secondary N) is 1. The largest absolute Gasteiger partial charge is 0.457 e. The summed E-state index contributed by atoms with van der Waals surface area (Å²) in [6.45, 7) is 3.88. The van der Waals surface area contributed by atoms with Crippen LogP contribution in [0, 0.1) is 5.82 Å². The molecular formula is C26H24FN3O2. The molecule has 0 aliphatic heterocycles. The Morgan fingerprint density at radius 3 is 2.28 bits per heavy atom. The maximum atomic E-state index is 13.3. The Balaban J connectivity index is 1.63. The number of hydrogen-bond acceptors (Lipinski definition) is 3. The maximum Gasteiger partial charge on any atom is 0.280 e. The van der Waals surface area contributed by atoms with Crippen molar-refractivity contribution in [2.45, 2.75) is 26.7 Å². The van der Waals surface area contributed by atoms with E-state index >= 15 is 0 Å². The van der Waals surface area contributed by atoms with E-state index in [1.165, 1.54) is 16.8 Å². The van der Waals surface area contributed by atoms with Gasteiger partial charge < -0.3 is 4.74 Å². The van der Waals surface area contributed by atoms with Gasteiger partial charge in [-0.3, -0.25) is 14.9 Å². The molecule has 0 spiro atoms. The number of H-pyrrole nitrogens is 1. The van der Waals surface area contributed by atoms with Gasteiger partial charge in [0.25, 0.3) is 5.56 Å². The SMILES string of the molecule is CCCc1[nH]n(-c2ccc(F)cc2)c(=O)c1C(C)=Nc1ccc(Oc2ccccc2)cc1. The molecule has 162 valence electrons. The summed E-state index contributed by atoms with van der Waals surface area (Å²) < 4.78 is 20.6. The number of aromatic nitrogens is 2. The first-order chi connectivity index (χ1) is 15.5. The van der Waals surface area contributed by atoms with Crippen molar-refractivity contribution in [3.8, 4) is 17.2 Å². The highest BCUT2D eigenvalue weighted by Crippen LogP contribution is 2.24. The van der Waals surface area contributed by atoms with Gasteiger partial charge in [0.15, 0.2) is 0 Å². The van der Waals surface area contributed by atoms with Crippen LogP contribution in [0.4, 0.5) is 10.1 Å². The zero-order chi connectivity index (χ0) is 22.5. The van der Waals surface area contributed by atoms with Crippen molar-refractivity contribution >= 4 is 11.4 Å². The van der Waals surface area contributed by atoms with E-state index in [9.17, 15) is 9.18 Å². The van der Waals surface area contributed by atoms with Gasteiger partial charge in [0.05, 0.1) is 22.6 Å². The molecule has 1 N–H and O–H groups in total. The number of rotatable bonds is 7. The second-order valence-corrected chi connectivity index (χ2v) is 7.44. The van der Waals surface area contributed by atoms with Crippen LogP contribution >= 0.6 is 0 Å². The van der Waals surface area contributed by atoms with Gasteiger partial charge in [0, 0.05) is 5.69 Å². The van der Waals surface area contributed by atoms with Gasteiger partial charge >= 0.3 is 0 Å². The minimum Gasteiger partial charge on any atom is -0.457 e. The van der Waals surface area contributed by atoms with Crippen LogP contribution in [0.1, 0.15) is 31.5 Å². The average molecular weight is 429 g/mol. The van der Waals surface area contributed by atoms with Crippen molar-refractivity contribution < 1.29 is 9.13 Å². The van der Waals surface area contributed by atoms with Crippen molar-refractivity contribution in [3.05, 3.63) is 106 Å². The van der Waals surface area contributed by atoms with Gasteiger partial charge in [-0.15, -0.1) is 0 Å². The van der Waals surface area contributed by atoms with Crippen LogP contribution in [0.3, 0.4) is 0 Å². The summed E-state index contributed by atoms with van der Waals surface area (Å²) in [5.74, 6) is 1.12. The molecule has 4 rings (SSSR count). The molecule has 4 aromatic rings. The molecular weight excluding hydrogens is 405 g/mol. The standard InChI is InChI=1S/C26H24FN3O2/c1-3-7-24-25(26(31)30(29-24)21-14-10-19(27)11-15-21)18(2)28-20-12-16-23(17-13-20)32-22-8-5-4-6-9-22/h4-6,8-17,29H,3,7H2,1-2H3. The third kappa shape index (κ3) is 4.70. The Hall–Kier alpha value is -3.93. The summed E-state index contributed by atoms with van der Waals surface area (Å²) >= 11 is 0. The highest BCUT2D eigenvalue weighted by molar-refractivity contribution is 6.01. The van der Waals surface area contributed by atoms with Crippen molar-refractivity contribution in [2.75, 3.05) is 0 Å². The van der Waals surface area contributed by atoms with Crippen molar-refractivity contribution in [1.29, 1.82) is 0 Å². The van der Waals surface area contributed by atoms with Crippen LogP contribution in [0.15, 0.2) is 88.6 Å². The molecule has 0 unspecified atom stereocenters. The van der Waals surface area contributed by atoms with Gasteiger partial charge in [0.1, 0.15) is 17.3 Å². The summed E-state index contributed by atoms with van der Waals surface area (Å²) in [6, 6.07) is 22.8. The highest BCUT2D eigenvalue weighted by Gasteiger charge is 2.17. The molecule has 1 aromatic heterocycles. The molecule has 0 radical (unpaired) electrons. The lowest BCUT2D eigenvalue weighted by molar-refractivity contribution is 0.483. The molecule has 6 heteroatoms. The predicted molar refractivity (Wildman–Crippen MR) is 125 cm³/mol. The Bertz CT molecular complexity index is 1270. The molecule has 3 aromatic carbocycles. The first kappa shape index (κ1) is 21.3. The highest BCUT2D eigenvalue weighted by atomic mass is 19.1. The van der Waals surface area contributed by atoms with Crippen LogP contribution in [0.5, 0.6) is 11.5 Å². The van der Waals surface area contributed by atoms with E-state index in [-0.39, 0.29) is 11.4 Å². The maximum absolute atomic E-state index is 13.3. The van der Waals surface area contributed by atoms with E-state index in [1.54, 1.807) is 12.1 Å². The van der Waals surface area contributed by atoms with Crippen molar-refractivity contribution in [1.82, 2.24) is 9.78 Å². The molecule has 0 saturated carbocycles. The molecule has 32 heavy (non-hydrogen) atoms. The van der Waals surface area contributed by atoms with Gasteiger partial charge in [0.2, 0.25) is 0 Å². The van der Waals surface area contributed by atoms with Crippen LogP contribution in [-0.4, -0.2) is 15.5 Å². The molecule has 0 aliphatic rings. The van der Waals surface area contributed by atoms with E-state index in [0.717, 1.165) is 23.6 Å². The first-order valence-electron chi connectivity index (χ1n) is 10.5. The molecule has 0 aliphatic carbocycles. The summed E-state index contributed by atoms with van der Waals surface area (Å²) in [7, 11) is 0. The summed E-state index contributed by atoms with van der Waals surface area (Å²) in [4.78, 5) is 17.8. The Morgan fingerprint density at radius 1 is 0.969 bits per heavy atom. The zero-order valence-electron chi connectivity index (χ0n) is 18.0. The predicted octanol–water partition coefficient (Wildman–Crippen LogP) is 6.19. The Labute approximate surface area is 185 Å². The summed E-state index contributed by atoms with van der Waals surface area (Å²) in [5.41, 5.74) is 3.07. The summed E-state index contributed by atoms with van der Waals surface area (Å²) in [5, 5.41) is 3.17. The van der Waals surface area contributed by atoms with Gasteiger partial charge in [-0.1, -0.05) is 31.5 Å². The normalized spacial score (nSPS) is 11.5. The average Bonchev–Trinajstić information content (AvgIpc) is 3.12. The minimum absolute atomic E-state index is 0.203. The number of hydrogen-bond donors (Lipinski definition) is 1. The van der Waals surface area contributed by atoms with Crippen LogP contribution in [0.2, 0.25) is 0 Å². The molecule has 1 heterocycles. The zero-order valence-corrected chi connectivity index (χ0v) is 18.0. The van der Waals surface area contributed by atoms with Gasteiger partial charge in [-0.2, -0.15) is 0 Å². The second kappa shape index (κ2) is 9.47. The number of aromatic amines is 1. The van der Waals surface area contributed by atoms with E-state index < -0.39 is 0 Å². The first-order valence-corrected chi connectivity index (χ1v) is 10.5. The van der Waals surface area contributed by atoms with Crippen molar-refractivity contribution in [2.24, 2.45) is 4.99 Å². The fourth-order valence-corrected chi connectivity index (χ4v) is 3.52. The fourth-order valence-electron chi connectivity index (χ4n) is 3.52. The summed E-state index contributed by atoms with van der Waals surface area (Å²) in [6.07, 6.45) is 1.57. The van der Waals surface area contributed by atoms with Crippen LogP contribution < -0.4 is 10.3 Å². The third-order valence-corrected chi connectivity index (χ3v) is 5.02. The van der Waals surface area contributed by atoms with Gasteiger partial charge in [-0.25, -0.2) is 9.07 Å². The minimum atomic E-state index is -0.347. The molecule has 0 atom stereocenters. The molecule has 0 amide bonds. The van der Waals surface area contributed by atoms with Crippen LogP contribution in [0.25, 0.3) is 5.69 Å². The third-order valence-electron chi connectivity index (χ3n) is 5.02. The second-order valence-electron chi connectivity index (χ2n) is 7.44. The number of nitrogens with zero attached hydrogens (tertiary/aromatic N) is 2. The lowest BCUT2D eigenvalue weighted by Crippen LogP contribution is -2.19. The van der Waals surface area contributed by atoms with Crippen LogP contribution in [-0.2, 0) is 6.42 Å². The van der Waals surface area contributed by atoms with Gasteiger partial charge in [-0.05, 0) is 74.0 Å². The Morgan fingerprint density at radius 2 is 1.62 bits per heavy atom. The number of benzene rings is 3. The molecule has 5 nitrogen and oxygen atoms in total. The molecule has 0 saturated heterocycles. The van der Waals surface area contributed by atoms with E-state index in [0.29, 0.717) is 29.1 Å². The quantitative estimate of drug-likeness (QED) is 0.356. The van der Waals surface area contributed by atoms with Crippen molar-refractivity contribution in [3.63, 3.8) is 0 Å². The lowest BCUT2D eigenvalue weighted by Gasteiger charge is -2.06. The van der Waals surface area contributed by atoms with E-state index in [1.807, 2.05) is 61.5 Å². The number of aryl methyl sites for hydroxylation is 1. The monoisotopic (exact) mass is 429 g/mol. The topological polar surface area (TPSA) is 59.4 Å².